The zero-order chi connectivity index (χ0) is 14.6. The molecule has 1 unspecified atom stereocenters. The Kier molecular flexibility index (Phi) is 9.47. The zero-order valence-electron chi connectivity index (χ0n) is 13.7. The second kappa shape index (κ2) is 11.0. The molecular weight excluding hydrogens is 260 g/mol. The summed E-state index contributed by atoms with van der Waals surface area (Å²) in [6.07, 6.45) is 11.4. The number of benzene rings is 1. The third kappa shape index (κ3) is 7.13. The molecule has 0 aliphatic carbocycles. The minimum atomic E-state index is -0.718. The topological polar surface area (TPSA) is 9.23 Å². The van der Waals surface area contributed by atoms with E-state index in [2.05, 4.69) is 37.7 Å². The molecule has 1 aromatic carbocycles. The first-order valence-electron chi connectivity index (χ1n) is 8.42. The number of hydrogen-bond donors (Lipinski definition) is 0. The Morgan fingerprint density at radius 3 is 1.95 bits per heavy atom. The van der Waals surface area contributed by atoms with Crippen molar-refractivity contribution in [2.24, 2.45) is 0 Å². The van der Waals surface area contributed by atoms with Crippen LogP contribution in [-0.2, 0) is 0 Å². The van der Waals surface area contributed by atoms with Crippen LogP contribution in [-0.4, -0.2) is 15.9 Å². The van der Waals surface area contributed by atoms with Crippen LogP contribution in [0.4, 0.5) is 0 Å². The quantitative estimate of drug-likeness (QED) is 0.416. The van der Waals surface area contributed by atoms with Gasteiger partial charge in [0.25, 0.3) is 0 Å². The Balaban J connectivity index is 2.08. The molecule has 0 spiro atoms. The second-order valence-corrected chi connectivity index (χ2v) is 8.98. The van der Waals surface area contributed by atoms with Crippen LogP contribution in [0.5, 0.6) is 5.75 Å². The van der Waals surface area contributed by atoms with Crippen molar-refractivity contribution in [2.75, 3.05) is 7.11 Å². The van der Waals surface area contributed by atoms with E-state index < -0.39 is 8.80 Å². The van der Waals surface area contributed by atoms with Gasteiger partial charge in [0.2, 0.25) is 0 Å². The fourth-order valence-corrected chi connectivity index (χ4v) is 4.77. The van der Waals surface area contributed by atoms with Gasteiger partial charge in [-0.25, -0.2) is 0 Å². The van der Waals surface area contributed by atoms with Gasteiger partial charge in [0, 0.05) is 0 Å². The van der Waals surface area contributed by atoms with Crippen LogP contribution in [0.3, 0.4) is 0 Å². The summed E-state index contributed by atoms with van der Waals surface area (Å²) in [5.41, 5.74) is 0. The highest BCUT2D eigenvalue weighted by atomic mass is 28.3. The van der Waals surface area contributed by atoms with Crippen LogP contribution < -0.4 is 9.92 Å². The average Bonchev–Trinajstić information content (AvgIpc) is 2.50. The maximum Gasteiger partial charge on any atom is 0.118 e. The molecule has 0 aromatic heterocycles. The Morgan fingerprint density at radius 1 is 0.850 bits per heavy atom. The van der Waals surface area contributed by atoms with E-state index in [0.717, 1.165) is 5.75 Å². The highest BCUT2D eigenvalue weighted by Crippen LogP contribution is 2.12. The monoisotopic (exact) mass is 292 g/mol. The van der Waals surface area contributed by atoms with Crippen molar-refractivity contribution in [3.63, 3.8) is 0 Å². The molecule has 20 heavy (non-hydrogen) atoms. The van der Waals surface area contributed by atoms with Crippen LogP contribution in [0.15, 0.2) is 24.3 Å². The number of ether oxygens (including phenoxy) is 1. The SMILES string of the molecule is CCCCCCCCCC[SiH](C)c1ccc(OC)cc1. The first kappa shape index (κ1) is 17.3. The molecule has 1 atom stereocenters. The molecular formula is C18H32OSi. The molecule has 0 radical (unpaired) electrons. The van der Waals surface area contributed by atoms with Gasteiger partial charge in [-0.2, -0.15) is 0 Å². The molecule has 0 N–H and O–H groups in total. The van der Waals surface area contributed by atoms with Crippen LogP contribution in [0.1, 0.15) is 58.3 Å². The minimum absolute atomic E-state index is 0.718. The number of methoxy groups -OCH3 is 1. The predicted octanol–water partition coefficient (Wildman–Crippen LogP) is 4.90. The lowest BCUT2D eigenvalue weighted by Crippen LogP contribution is -2.25. The van der Waals surface area contributed by atoms with E-state index in [1.807, 2.05) is 0 Å². The van der Waals surface area contributed by atoms with Crippen LogP contribution in [0.25, 0.3) is 0 Å². The molecule has 0 aliphatic rings. The Hall–Kier alpha value is -0.763. The Morgan fingerprint density at radius 2 is 1.40 bits per heavy atom. The maximum absolute atomic E-state index is 5.22. The first-order valence-corrected chi connectivity index (χ1v) is 11.0. The van der Waals surface area contributed by atoms with Gasteiger partial charge in [-0.1, -0.05) is 88.2 Å². The lowest BCUT2D eigenvalue weighted by molar-refractivity contribution is 0.415. The summed E-state index contributed by atoms with van der Waals surface area (Å²) in [5.74, 6) is 0.974. The van der Waals surface area contributed by atoms with Crippen molar-refractivity contribution in [1.82, 2.24) is 0 Å². The van der Waals surface area contributed by atoms with Gasteiger partial charge in [-0.05, 0) is 12.1 Å². The van der Waals surface area contributed by atoms with Gasteiger partial charge in [0.1, 0.15) is 5.75 Å². The molecule has 0 amide bonds. The molecule has 0 aliphatic heterocycles. The molecule has 114 valence electrons. The van der Waals surface area contributed by atoms with Crippen molar-refractivity contribution in [1.29, 1.82) is 0 Å². The molecule has 2 heteroatoms. The Labute approximate surface area is 127 Å². The summed E-state index contributed by atoms with van der Waals surface area (Å²) in [4.78, 5) is 0. The van der Waals surface area contributed by atoms with Crippen molar-refractivity contribution in [2.45, 2.75) is 70.9 Å². The Bertz CT molecular complexity index is 334. The van der Waals surface area contributed by atoms with E-state index in [0.29, 0.717) is 0 Å². The summed E-state index contributed by atoms with van der Waals surface area (Å²) < 4.78 is 5.22. The molecule has 1 aromatic rings. The highest BCUT2D eigenvalue weighted by Gasteiger charge is 2.06. The average molecular weight is 293 g/mol. The van der Waals surface area contributed by atoms with Crippen molar-refractivity contribution in [3.05, 3.63) is 24.3 Å². The van der Waals surface area contributed by atoms with Gasteiger partial charge in [-0.3, -0.25) is 0 Å². The fourth-order valence-electron chi connectivity index (χ4n) is 2.68. The molecule has 0 bridgehead atoms. The normalized spacial score (nSPS) is 12.3. The van der Waals surface area contributed by atoms with Crippen molar-refractivity contribution >= 4 is 14.0 Å². The molecule has 0 saturated carbocycles. The largest absolute Gasteiger partial charge is 0.497 e. The number of rotatable bonds is 11. The molecule has 0 fully saturated rings. The maximum atomic E-state index is 5.22. The van der Waals surface area contributed by atoms with E-state index in [1.54, 1.807) is 12.3 Å². The van der Waals surface area contributed by atoms with E-state index in [4.69, 9.17) is 4.74 Å². The van der Waals surface area contributed by atoms with Gasteiger partial charge in [0.15, 0.2) is 0 Å². The van der Waals surface area contributed by atoms with E-state index in [9.17, 15) is 0 Å². The lowest BCUT2D eigenvalue weighted by Gasteiger charge is -2.11. The third-order valence-electron chi connectivity index (χ3n) is 4.18. The smallest absolute Gasteiger partial charge is 0.118 e. The van der Waals surface area contributed by atoms with E-state index in [1.165, 1.54) is 57.4 Å². The zero-order valence-corrected chi connectivity index (χ0v) is 14.8. The number of hydrogen-bond acceptors (Lipinski definition) is 1. The summed E-state index contributed by atoms with van der Waals surface area (Å²) in [7, 11) is 1.01. The van der Waals surface area contributed by atoms with Crippen molar-refractivity contribution < 1.29 is 4.74 Å². The van der Waals surface area contributed by atoms with E-state index in [-0.39, 0.29) is 0 Å². The fraction of sp³-hybridized carbons (Fsp3) is 0.667. The van der Waals surface area contributed by atoms with Gasteiger partial charge in [0.05, 0.1) is 15.9 Å². The second-order valence-electron chi connectivity index (χ2n) is 5.94. The summed E-state index contributed by atoms with van der Waals surface area (Å²) in [6.45, 7) is 4.76. The van der Waals surface area contributed by atoms with Gasteiger partial charge >= 0.3 is 0 Å². The molecule has 0 heterocycles. The molecule has 1 rings (SSSR count). The highest BCUT2D eigenvalue weighted by molar-refractivity contribution is 6.71. The van der Waals surface area contributed by atoms with Gasteiger partial charge in [-0.15, -0.1) is 0 Å². The predicted molar refractivity (Wildman–Crippen MR) is 93.1 cm³/mol. The van der Waals surface area contributed by atoms with Crippen LogP contribution in [0, 0.1) is 0 Å². The van der Waals surface area contributed by atoms with Crippen LogP contribution in [0.2, 0.25) is 12.6 Å². The van der Waals surface area contributed by atoms with E-state index >= 15 is 0 Å². The summed E-state index contributed by atoms with van der Waals surface area (Å²) in [6, 6.07) is 10.2. The number of unbranched alkanes of at least 4 members (excludes halogenated alkanes) is 7. The third-order valence-corrected chi connectivity index (χ3v) is 6.97. The lowest BCUT2D eigenvalue weighted by atomic mass is 10.1. The van der Waals surface area contributed by atoms with Crippen molar-refractivity contribution in [3.8, 4) is 5.75 Å². The minimum Gasteiger partial charge on any atom is -0.497 e. The summed E-state index contributed by atoms with van der Waals surface area (Å²) >= 11 is 0. The van der Waals surface area contributed by atoms with Crippen LogP contribution >= 0.6 is 0 Å². The molecule has 0 saturated heterocycles. The molecule has 1 nitrogen and oxygen atoms in total. The van der Waals surface area contributed by atoms with Gasteiger partial charge < -0.3 is 4.74 Å². The first-order chi connectivity index (χ1) is 9.77. The standard InChI is InChI=1S/C18H32OSi/c1-4-5-6-7-8-9-10-11-16-20(3)18-14-12-17(19-2)13-15-18/h12-15,20H,4-11,16H2,1-3H3. The summed E-state index contributed by atoms with van der Waals surface area (Å²) in [5, 5.41) is 1.58.